The minimum atomic E-state index is 0.0132. The summed E-state index contributed by atoms with van der Waals surface area (Å²) in [6.07, 6.45) is 9.70. The van der Waals surface area contributed by atoms with Crippen LogP contribution in [0.3, 0.4) is 0 Å². The lowest BCUT2D eigenvalue weighted by molar-refractivity contribution is -0.116. The second kappa shape index (κ2) is 12.0. The lowest BCUT2D eigenvalue weighted by atomic mass is 9.83. The molecular weight excluding hydrogens is 410 g/mol. The Hall–Kier alpha value is -2.66. The molecule has 5 heteroatoms. The predicted molar refractivity (Wildman–Crippen MR) is 134 cm³/mol. The summed E-state index contributed by atoms with van der Waals surface area (Å²) in [6.45, 7) is 2.86. The Morgan fingerprint density at radius 1 is 0.848 bits per heavy atom. The van der Waals surface area contributed by atoms with Crippen LogP contribution in [-0.2, 0) is 4.79 Å². The molecule has 0 spiro atoms. The average molecular weight is 448 g/mol. The zero-order valence-electron chi connectivity index (χ0n) is 19.6. The van der Waals surface area contributed by atoms with Gasteiger partial charge in [-0.25, -0.2) is 0 Å². The second-order valence-corrected chi connectivity index (χ2v) is 9.53. The molecule has 0 unspecified atom stereocenters. The average Bonchev–Trinajstić information content (AvgIpc) is 2.86. The number of para-hydroxylation sites is 1. The molecule has 176 valence electrons. The summed E-state index contributed by atoms with van der Waals surface area (Å²) in [4.78, 5) is 27.4. The largest absolute Gasteiger partial charge is 0.349 e. The summed E-state index contributed by atoms with van der Waals surface area (Å²) in [7, 11) is 0. The van der Waals surface area contributed by atoms with E-state index in [0.717, 1.165) is 50.1 Å². The Morgan fingerprint density at radius 3 is 2.30 bits per heavy atom. The van der Waals surface area contributed by atoms with Gasteiger partial charge >= 0.3 is 0 Å². The highest BCUT2D eigenvalue weighted by Crippen LogP contribution is 2.36. The van der Waals surface area contributed by atoms with Gasteiger partial charge in [-0.1, -0.05) is 55.7 Å². The number of carbonyl (C=O) groups excluding carboxylic acids is 2. The lowest BCUT2D eigenvalue weighted by Gasteiger charge is -2.32. The van der Waals surface area contributed by atoms with Crippen LogP contribution >= 0.6 is 0 Å². The first-order chi connectivity index (χ1) is 16.2. The number of hydrogen-bond donors (Lipinski definition) is 2. The van der Waals surface area contributed by atoms with Crippen LogP contribution < -0.4 is 10.6 Å². The number of hydrogen-bond acceptors (Lipinski definition) is 3. The summed E-state index contributed by atoms with van der Waals surface area (Å²) >= 11 is 0. The van der Waals surface area contributed by atoms with E-state index in [2.05, 4.69) is 33.7 Å². The van der Waals surface area contributed by atoms with Crippen molar-refractivity contribution in [1.29, 1.82) is 0 Å². The Morgan fingerprint density at radius 2 is 1.55 bits per heavy atom. The van der Waals surface area contributed by atoms with Gasteiger partial charge in [0.15, 0.2) is 0 Å². The number of nitrogens with one attached hydrogen (secondary N) is 2. The Balaban J connectivity index is 1.16. The first-order valence-electron chi connectivity index (χ1n) is 12.7. The van der Waals surface area contributed by atoms with Crippen molar-refractivity contribution in [2.45, 2.75) is 69.7 Å². The van der Waals surface area contributed by atoms with Crippen molar-refractivity contribution in [2.75, 3.05) is 25.0 Å². The number of benzene rings is 2. The van der Waals surface area contributed by atoms with Crippen molar-refractivity contribution in [3.05, 3.63) is 65.7 Å². The Bertz CT molecular complexity index is 900. The summed E-state index contributed by atoms with van der Waals surface area (Å²) in [5.74, 6) is 0.710. The first-order valence-corrected chi connectivity index (χ1v) is 12.7. The molecule has 2 aromatic carbocycles. The van der Waals surface area contributed by atoms with E-state index in [0.29, 0.717) is 12.3 Å². The summed E-state index contributed by atoms with van der Waals surface area (Å²) < 4.78 is 0. The molecule has 1 aliphatic heterocycles. The van der Waals surface area contributed by atoms with Crippen LogP contribution in [0.5, 0.6) is 0 Å². The molecule has 4 rings (SSSR count). The minimum Gasteiger partial charge on any atom is -0.349 e. The number of anilines is 1. The van der Waals surface area contributed by atoms with Crippen LogP contribution in [0.2, 0.25) is 0 Å². The van der Waals surface area contributed by atoms with Crippen molar-refractivity contribution in [3.8, 4) is 0 Å². The van der Waals surface area contributed by atoms with Crippen LogP contribution in [0.4, 0.5) is 5.69 Å². The SMILES string of the molecule is O=C(CCCN1CCC(NC(=O)c2ccccc2)CC1)Nc1ccccc1C1CCCCC1. The van der Waals surface area contributed by atoms with Crippen LogP contribution in [0, 0.1) is 0 Å². The van der Waals surface area contributed by atoms with Gasteiger partial charge in [-0.15, -0.1) is 0 Å². The molecule has 33 heavy (non-hydrogen) atoms. The zero-order valence-corrected chi connectivity index (χ0v) is 19.6. The van der Waals surface area contributed by atoms with Gasteiger partial charge in [0, 0.05) is 36.8 Å². The number of piperidine rings is 1. The van der Waals surface area contributed by atoms with Crippen molar-refractivity contribution in [3.63, 3.8) is 0 Å². The fourth-order valence-electron chi connectivity index (χ4n) is 5.22. The van der Waals surface area contributed by atoms with Gasteiger partial charge in [-0.05, 0) is 68.3 Å². The molecule has 5 nitrogen and oxygen atoms in total. The molecule has 0 radical (unpaired) electrons. The fraction of sp³-hybridized carbons (Fsp3) is 0.500. The van der Waals surface area contributed by atoms with Crippen molar-refractivity contribution in [2.24, 2.45) is 0 Å². The van der Waals surface area contributed by atoms with Gasteiger partial charge in [-0.2, -0.15) is 0 Å². The molecule has 2 N–H and O–H groups in total. The minimum absolute atomic E-state index is 0.0132. The summed E-state index contributed by atoms with van der Waals surface area (Å²) in [5.41, 5.74) is 3.03. The number of carbonyl (C=O) groups is 2. The van der Waals surface area contributed by atoms with Gasteiger partial charge < -0.3 is 15.5 Å². The maximum atomic E-state index is 12.6. The highest BCUT2D eigenvalue weighted by atomic mass is 16.2. The number of nitrogens with zero attached hydrogens (tertiary/aromatic N) is 1. The summed E-state index contributed by atoms with van der Waals surface area (Å²) in [5, 5.41) is 6.34. The third kappa shape index (κ3) is 6.91. The molecule has 1 aliphatic carbocycles. The Kier molecular flexibility index (Phi) is 8.53. The van der Waals surface area contributed by atoms with E-state index in [-0.39, 0.29) is 17.9 Å². The monoisotopic (exact) mass is 447 g/mol. The lowest BCUT2D eigenvalue weighted by Crippen LogP contribution is -2.44. The highest BCUT2D eigenvalue weighted by molar-refractivity contribution is 5.94. The molecule has 0 aromatic heterocycles. The van der Waals surface area contributed by atoms with Gasteiger partial charge in [0.05, 0.1) is 0 Å². The molecule has 1 saturated heterocycles. The van der Waals surface area contributed by atoms with Crippen LogP contribution in [0.25, 0.3) is 0 Å². The van der Waals surface area contributed by atoms with Crippen molar-refractivity contribution < 1.29 is 9.59 Å². The highest BCUT2D eigenvalue weighted by Gasteiger charge is 2.22. The van der Waals surface area contributed by atoms with E-state index in [1.165, 1.54) is 37.7 Å². The Labute approximate surface area is 197 Å². The third-order valence-corrected chi connectivity index (χ3v) is 7.12. The van der Waals surface area contributed by atoms with Crippen LogP contribution in [0.1, 0.15) is 79.6 Å². The van der Waals surface area contributed by atoms with E-state index in [1.54, 1.807) is 0 Å². The van der Waals surface area contributed by atoms with E-state index in [9.17, 15) is 9.59 Å². The van der Waals surface area contributed by atoms with Gasteiger partial charge in [0.25, 0.3) is 5.91 Å². The van der Waals surface area contributed by atoms with Crippen LogP contribution in [-0.4, -0.2) is 42.4 Å². The molecule has 0 atom stereocenters. The second-order valence-electron chi connectivity index (χ2n) is 9.53. The number of rotatable bonds is 8. The standard InChI is InChI=1S/C28H37N3O2/c32-27(30-26-15-8-7-14-25(26)22-10-3-1-4-11-22)16-9-19-31-20-17-24(18-21-31)29-28(33)23-12-5-2-6-13-23/h2,5-8,12-15,22,24H,1,3-4,9-11,16-21H2,(H,29,33)(H,30,32). The third-order valence-electron chi connectivity index (χ3n) is 7.12. The van der Waals surface area contributed by atoms with E-state index >= 15 is 0 Å². The zero-order chi connectivity index (χ0) is 22.9. The number of likely N-dealkylation sites (tertiary alicyclic amines) is 1. The molecule has 1 heterocycles. The molecule has 2 aromatic rings. The predicted octanol–water partition coefficient (Wildman–Crippen LogP) is 5.35. The molecule has 0 bridgehead atoms. The normalized spacial score (nSPS) is 18.1. The van der Waals surface area contributed by atoms with E-state index < -0.39 is 0 Å². The topological polar surface area (TPSA) is 61.4 Å². The summed E-state index contributed by atoms with van der Waals surface area (Å²) in [6, 6.07) is 18.0. The maximum absolute atomic E-state index is 12.6. The van der Waals surface area contributed by atoms with E-state index in [4.69, 9.17) is 0 Å². The first kappa shape index (κ1) is 23.5. The quantitative estimate of drug-likeness (QED) is 0.574. The van der Waals surface area contributed by atoms with Gasteiger partial charge in [0.1, 0.15) is 0 Å². The van der Waals surface area contributed by atoms with Crippen LogP contribution in [0.15, 0.2) is 54.6 Å². The molecule has 2 fully saturated rings. The van der Waals surface area contributed by atoms with Gasteiger partial charge in [-0.3, -0.25) is 9.59 Å². The fourth-order valence-corrected chi connectivity index (χ4v) is 5.22. The number of amides is 2. The van der Waals surface area contributed by atoms with Crippen molar-refractivity contribution in [1.82, 2.24) is 10.2 Å². The molecular formula is C28H37N3O2. The van der Waals surface area contributed by atoms with Gasteiger partial charge in [0.2, 0.25) is 5.91 Å². The smallest absolute Gasteiger partial charge is 0.251 e. The molecule has 2 aliphatic rings. The van der Waals surface area contributed by atoms with Crippen molar-refractivity contribution >= 4 is 17.5 Å². The molecule has 2 amide bonds. The molecule has 1 saturated carbocycles. The maximum Gasteiger partial charge on any atom is 0.251 e. The van der Waals surface area contributed by atoms with E-state index in [1.807, 2.05) is 36.4 Å².